The van der Waals surface area contributed by atoms with Crippen LogP contribution in [0.5, 0.6) is 0 Å². The van der Waals surface area contributed by atoms with Gasteiger partial charge < -0.3 is 4.57 Å². The van der Waals surface area contributed by atoms with E-state index in [1.54, 1.807) is 0 Å². The predicted molar refractivity (Wildman–Crippen MR) is 90.9 cm³/mol. The van der Waals surface area contributed by atoms with Gasteiger partial charge in [-0.05, 0) is 24.6 Å². The molecule has 0 amide bonds. The van der Waals surface area contributed by atoms with E-state index in [1.807, 2.05) is 26.1 Å². The maximum atomic E-state index is 6.57. The Balaban J connectivity index is 2.20. The van der Waals surface area contributed by atoms with Crippen LogP contribution in [0.15, 0.2) is 43.5 Å². The quantitative estimate of drug-likeness (QED) is 0.572. The molecular weight excluding hydrogens is 282 g/mol. The molecule has 2 rings (SSSR count). The number of aromatic nitrogens is 2. The van der Waals surface area contributed by atoms with Crippen LogP contribution < -0.4 is 0 Å². The Bertz CT molecular complexity index is 635. The van der Waals surface area contributed by atoms with Gasteiger partial charge in [0.2, 0.25) is 0 Å². The van der Waals surface area contributed by atoms with Gasteiger partial charge in [-0.2, -0.15) is 0 Å². The number of alkyl halides is 1. The summed E-state index contributed by atoms with van der Waals surface area (Å²) in [6.07, 6.45) is 3.77. The third kappa shape index (κ3) is 3.55. The molecule has 1 aromatic heterocycles. The normalized spacial score (nSPS) is 12.8. The van der Waals surface area contributed by atoms with Gasteiger partial charge in [-0.1, -0.05) is 18.2 Å². The van der Waals surface area contributed by atoms with Gasteiger partial charge >= 0.3 is 0 Å². The Kier molecular flexibility index (Phi) is 5.21. The van der Waals surface area contributed by atoms with Gasteiger partial charge in [0.1, 0.15) is 5.82 Å². The van der Waals surface area contributed by atoms with Crippen molar-refractivity contribution in [3.8, 4) is 0 Å². The molecule has 1 heterocycles. The van der Waals surface area contributed by atoms with Gasteiger partial charge in [-0.3, -0.25) is 4.90 Å². The van der Waals surface area contributed by atoms with E-state index in [4.69, 9.17) is 11.6 Å². The number of hydrogen-bond donors (Lipinski definition) is 0. The van der Waals surface area contributed by atoms with Crippen LogP contribution in [0, 0.1) is 6.92 Å². The molecular formula is C17H22ClN3. The van der Waals surface area contributed by atoms with Crippen molar-refractivity contribution in [1.29, 1.82) is 0 Å². The summed E-state index contributed by atoms with van der Waals surface area (Å²) in [5.74, 6) is 1.01. The van der Waals surface area contributed by atoms with Crippen molar-refractivity contribution in [2.45, 2.75) is 12.3 Å². The number of aryl methyl sites for hydroxylation is 2. The highest BCUT2D eigenvalue weighted by molar-refractivity contribution is 6.21. The van der Waals surface area contributed by atoms with Crippen LogP contribution >= 0.6 is 11.6 Å². The molecule has 0 saturated carbocycles. The van der Waals surface area contributed by atoms with Crippen LogP contribution in [0.25, 0.3) is 11.0 Å². The number of fused-ring (bicyclic) bond motifs is 1. The van der Waals surface area contributed by atoms with Crippen molar-refractivity contribution in [2.75, 3.05) is 19.6 Å². The molecule has 1 atom stereocenters. The van der Waals surface area contributed by atoms with Crippen LogP contribution in [-0.4, -0.2) is 34.1 Å². The molecule has 0 saturated heterocycles. The first-order valence-electron chi connectivity index (χ1n) is 7.08. The number of hydrogen-bond acceptors (Lipinski definition) is 2. The second kappa shape index (κ2) is 6.92. The van der Waals surface area contributed by atoms with Gasteiger partial charge in [0.15, 0.2) is 0 Å². The van der Waals surface area contributed by atoms with Crippen LogP contribution in [0.2, 0.25) is 0 Å². The molecule has 1 unspecified atom stereocenters. The number of rotatable bonds is 7. The SMILES string of the molecule is C=CCN(CC=C)CC(Cl)c1ccc2c(c1)nc(C)n2C. The summed E-state index contributed by atoms with van der Waals surface area (Å²) >= 11 is 6.57. The average molecular weight is 304 g/mol. The number of halogens is 1. The van der Waals surface area contributed by atoms with Crippen LogP contribution in [0.4, 0.5) is 0 Å². The van der Waals surface area contributed by atoms with Crippen molar-refractivity contribution in [2.24, 2.45) is 7.05 Å². The monoisotopic (exact) mass is 303 g/mol. The smallest absolute Gasteiger partial charge is 0.106 e. The molecule has 0 aliphatic heterocycles. The van der Waals surface area contributed by atoms with E-state index >= 15 is 0 Å². The molecule has 0 fully saturated rings. The summed E-state index contributed by atoms with van der Waals surface area (Å²) in [6.45, 7) is 11.9. The number of nitrogens with zero attached hydrogens (tertiary/aromatic N) is 3. The summed E-state index contributed by atoms with van der Waals surface area (Å²) in [5, 5.41) is -0.0726. The Morgan fingerprint density at radius 1 is 1.33 bits per heavy atom. The second-order valence-electron chi connectivity index (χ2n) is 5.23. The molecule has 0 N–H and O–H groups in total. The minimum Gasteiger partial charge on any atom is -0.331 e. The Hall–Kier alpha value is -1.58. The van der Waals surface area contributed by atoms with E-state index in [9.17, 15) is 0 Å². The minimum atomic E-state index is -0.0726. The lowest BCUT2D eigenvalue weighted by atomic mass is 10.1. The lowest BCUT2D eigenvalue weighted by Gasteiger charge is -2.22. The van der Waals surface area contributed by atoms with E-state index in [0.29, 0.717) is 0 Å². The van der Waals surface area contributed by atoms with Gasteiger partial charge in [-0.25, -0.2) is 4.98 Å². The fraction of sp³-hybridized carbons (Fsp3) is 0.353. The molecule has 0 aliphatic rings. The van der Waals surface area contributed by atoms with E-state index < -0.39 is 0 Å². The lowest BCUT2D eigenvalue weighted by molar-refractivity contribution is 0.335. The maximum absolute atomic E-state index is 6.57. The topological polar surface area (TPSA) is 21.1 Å². The summed E-state index contributed by atoms with van der Waals surface area (Å²) in [4.78, 5) is 6.78. The molecule has 112 valence electrons. The Morgan fingerprint density at radius 3 is 2.62 bits per heavy atom. The number of imidazole rings is 1. The van der Waals surface area contributed by atoms with Crippen molar-refractivity contribution in [3.63, 3.8) is 0 Å². The second-order valence-corrected chi connectivity index (χ2v) is 5.76. The van der Waals surface area contributed by atoms with E-state index in [-0.39, 0.29) is 5.38 Å². The molecule has 3 nitrogen and oxygen atoms in total. The Labute approximate surface area is 131 Å². The van der Waals surface area contributed by atoms with Crippen molar-refractivity contribution < 1.29 is 0 Å². The third-order valence-electron chi connectivity index (χ3n) is 3.68. The summed E-state index contributed by atoms with van der Waals surface area (Å²) in [6, 6.07) is 6.26. The first kappa shape index (κ1) is 15.8. The standard InChI is InChI=1S/C17H22ClN3/c1-5-9-21(10-6-2)12-15(18)14-7-8-17-16(11-14)19-13(3)20(17)4/h5-8,11,15H,1-2,9-10,12H2,3-4H3. The van der Waals surface area contributed by atoms with Crippen LogP contribution in [0.3, 0.4) is 0 Å². The predicted octanol–water partition coefficient (Wildman–Crippen LogP) is 3.84. The molecule has 1 aromatic carbocycles. The molecule has 0 spiro atoms. The molecule has 0 radical (unpaired) electrons. The largest absolute Gasteiger partial charge is 0.331 e. The molecule has 2 aromatic rings. The van der Waals surface area contributed by atoms with E-state index in [0.717, 1.165) is 42.1 Å². The zero-order valence-electron chi connectivity index (χ0n) is 12.7. The lowest BCUT2D eigenvalue weighted by Crippen LogP contribution is -2.27. The molecule has 0 bridgehead atoms. The van der Waals surface area contributed by atoms with E-state index in [1.165, 1.54) is 0 Å². The minimum absolute atomic E-state index is 0.0726. The van der Waals surface area contributed by atoms with Crippen molar-refractivity contribution >= 4 is 22.6 Å². The van der Waals surface area contributed by atoms with Crippen molar-refractivity contribution in [1.82, 2.24) is 14.5 Å². The fourth-order valence-electron chi connectivity index (χ4n) is 2.45. The Morgan fingerprint density at radius 2 is 2.00 bits per heavy atom. The zero-order chi connectivity index (χ0) is 15.4. The summed E-state index contributed by atoms with van der Waals surface area (Å²) in [5.41, 5.74) is 3.23. The van der Waals surface area contributed by atoms with Gasteiger partial charge in [0, 0.05) is 26.7 Å². The molecule has 0 aliphatic carbocycles. The van der Waals surface area contributed by atoms with Gasteiger partial charge in [0.05, 0.1) is 16.4 Å². The van der Waals surface area contributed by atoms with Crippen molar-refractivity contribution in [3.05, 3.63) is 54.9 Å². The van der Waals surface area contributed by atoms with Crippen LogP contribution in [-0.2, 0) is 7.05 Å². The van der Waals surface area contributed by atoms with Crippen LogP contribution in [0.1, 0.15) is 16.8 Å². The molecule has 21 heavy (non-hydrogen) atoms. The fourth-order valence-corrected chi connectivity index (χ4v) is 2.78. The maximum Gasteiger partial charge on any atom is 0.106 e. The zero-order valence-corrected chi connectivity index (χ0v) is 13.5. The first-order valence-corrected chi connectivity index (χ1v) is 7.51. The average Bonchev–Trinajstić information content (AvgIpc) is 2.74. The third-order valence-corrected chi connectivity index (χ3v) is 4.07. The van der Waals surface area contributed by atoms with Gasteiger partial charge in [-0.15, -0.1) is 24.8 Å². The first-order chi connectivity index (χ1) is 10.1. The highest BCUT2D eigenvalue weighted by atomic mass is 35.5. The van der Waals surface area contributed by atoms with Gasteiger partial charge in [0.25, 0.3) is 0 Å². The summed E-state index contributed by atoms with van der Waals surface area (Å²) in [7, 11) is 2.03. The highest BCUT2D eigenvalue weighted by Gasteiger charge is 2.14. The number of benzene rings is 1. The highest BCUT2D eigenvalue weighted by Crippen LogP contribution is 2.25. The van der Waals surface area contributed by atoms with E-state index in [2.05, 4.69) is 45.8 Å². The molecule has 4 heteroatoms. The summed E-state index contributed by atoms with van der Waals surface area (Å²) < 4.78 is 2.09.